The van der Waals surface area contributed by atoms with Crippen molar-refractivity contribution in [3.05, 3.63) is 40.4 Å². The van der Waals surface area contributed by atoms with E-state index in [0.29, 0.717) is 65.4 Å². The summed E-state index contributed by atoms with van der Waals surface area (Å²) in [6.07, 6.45) is 1.64. The molecule has 6 nitrogen and oxygen atoms in total. The second kappa shape index (κ2) is 7.14. The molecule has 0 fully saturated rings. The number of aliphatic hydroxyl groups excluding tert-OH is 1. The van der Waals surface area contributed by atoms with Gasteiger partial charge in [0.05, 0.1) is 20.1 Å². The van der Waals surface area contributed by atoms with Crippen LogP contribution in [0.3, 0.4) is 0 Å². The van der Waals surface area contributed by atoms with Gasteiger partial charge in [-0.1, -0.05) is 27.7 Å². The lowest BCUT2D eigenvalue weighted by atomic mass is 9.66. The Hall–Kier alpha value is -2.76. The normalized spacial score (nSPS) is 24.4. The van der Waals surface area contributed by atoms with Gasteiger partial charge >= 0.3 is 0 Å². The van der Waals surface area contributed by atoms with Gasteiger partial charge in [-0.25, -0.2) is 0 Å². The van der Waals surface area contributed by atoms with Crippen molar-refractivity contribution in [1.29, 1.82) is 0 Å². The number of fused-ring (bicyclic) bond motifs is 1. The predicted molar refractivity (Wildman–Crippen MR) is 116 cm³/mol. The predicted octanol–water partition coefficient (Wildman–Crippen LogP) is 5.02. The molecule has 3 aliphatic rings. The third-order valence-electron chi connectivity index (χ3n) is 6.41. The molecule has 0 bridgehead atoms. The molecular weight excluding hydrogens is 396 g/mol. The Labute approximate surface area is 182 Å². The lowest BCUT2D eigenvalue weighted by Gasteiger charge is -2.40. The largest absolute Gasteiger partial charge is 0.512 e. The molecule has 0 saturated heterocycles. The maximum Gasteiger partial charge on any atom is 0.164 e. The molecule has 1 aromatic rings. The Balaban J connectivity index is 1.98. The number of allylic oxidation sites excluding steroid dienone is 4. The van der Waals surface area contributed by atoms with Crippen LogP contribution < -0.4 is 14.2 Å². The SMILES string of the molecule is COc1cc2c(cc1OC)[C@@H](C1=C(O)CC(C)(C)CC1=O)C1=C(CC(C)(C)CC1=O)O2. The molecule has 0 radical (unpaired) electrons. The van der Waals surface area contributed by atoms with Gasteiger partial charge in [-0.2, -0.15) is 0 Å². The molecule has 0 saturated carbocycles. The number of Topliss-reactive ketones (excluding diaryl/α,β-unsaturated/α-hetero) is 2. The van der Waals surface area contributed by atoms with Gasteiger partial charge < -0.3 is 19.3 Å². The highest BCUT2D eigenvalue weighted by Gasteiger charge is 2.47. The third-order valence-corrected chi connectivity index (χ3v) is 6.41. The van der Waals surface area contributed by atoms with Gasteiger partial charge in [-0.3, -0.25) is 9.59 Å². The molecule has 4 rings (SSSR count). The van der Waals surface area contributed by atoms with Crippen LogP contribution >= 0.6 is 0 Å². The summed E-state index contributed by atoms with van der Waals surface area (Å²) in [4.78, 5) is 26.6. The van der Waals surface area contributed by atoms with Crippen LogP contribution in [0.15, 0.2) is 34.8 Å². The fourth-order valence-electron chi connectivity index (χ4n) is 5.10. The number of aliphatic hydroxyl groups is 1. The van der Waals surface area contributed by atoms with Crippen molar-refractivity contribution in [1.82, 2.24) is 0 Å². The Bertz CT molecular complexity index is 1040. The zero-order valence-electron chi connectivity index (χ0n) is 19.0. The molecule has 1 aromatic carbocycles. The maximum absolute atomic E-state index is 13.3. The molecule has 6 heteroatoms. The van der Waals surface area contributed by atoms with Gasteiger partial charge in [-0.15, -0.1) is 0 Å². The lowest BCUT2D eigenvalue weighted by Crippen LogP contribution is -2.36. The number of benzene rings is 1. The van der Waals surface area contributed by atoms with E-state index in [2.05, 4.69) is 0 Å². The topological polar surface area (TPSA) is 82.1 Å². The number of methoxy groups -OCH3 is 2. The summed E-state index contributed by atoms with van der Waals surface area (Å²) in [7, 11) is 3.08. The van der Waals surface area contributed by atoms with Gasteiger partial charge in [0.2, 0.25) is 0 Å². The summed E-state index contributed by atoms with van der Waals surface area (Å²) >= 11 is 0. The third kappa shape index (κ3) is 3.62. The summed E-state index contributed by atoms with van der Waals surface area (Å²) in [6, 6.07) is 3.48. The van der Waals surface area contributed by atoms with E-state index in [4.69, 9.17) is 14.2 Å². The van der Waals surface area contributed by atoms with Crippen LogP contribution in [0.1, 0.15) is 64.9 Å². The van der Waals surface area contributed by atoms with E-state index in [1.165, 1.54) is 7.11 Å². The van der Waals surface area contributed by atoms with E-state index < -0.39 is 5.92 Å². The van der Waals surface area contributed by atoms with Crippen LogP contribution in [0, 0.1) is 10.8 Å². The van der Waals surface area contributed by atoms with Crippen LogP contribution in [-0.2, 0) is 9.59 Å². The fourth-order valence-corrected chi connectivity index (χ4v) is 5.10. The van der Waals surface area contributed by atoms with Crippen LogP contribution in [0.25, 0.3) is 0 Å². The average Bonchev–Trinajstić information content (AvgIpc) is 2.63. The second-order valence-corrected chi connectivity index (χ2v) is 10.4. The van der Waals surface area contributed by atoms with Gasteiger partial charge in [0.15, 0.2) is 23.1 Å². The van der Waals surface area contributed by atoms with Crippen molar-refractivity contribution >= 4 is 11.6 Å². The van der Waals surface area contributed by atoms with Crippen molar-refractivity contribution in [3.8, 4) is 17.2 Å². The first-order valence-corrected chi connectivity index (χ1v) is 10.6. The summed E-state index contributed by atoms with van der Waals surface area (Å²) in [5.74, 6) is 1.27. The molecule has 0 unspecified atom stereocenters. The van der Waals surface area contributed by atoms with Crippen molar-refractivity contribution in [2.45, 2.75) is 59.3 Å². The molecule has 0 spiro atoms. The first kappa shape index (κ1) is 21.5. The molecule has 0 aromatic heterocycles. The van der Waals surface area contributed by atoms with E-state index in [9.17, 15) is 14.7 Å². The lowest BCUT2D eigenvalue weighted by molar-refractivity contribution is -0.119. The van der Waals surface area contributed by atoms with Crippen LogP contribution in [0.4, 0.5) is 0 Å². The Kier molecular flexibility index (Phi) is 4.95. The van der Waals surface area contributed by atoms with Crippen LogP contribution in [0.2, 0.25) is 0 Å². The molecular formula is C25H30O6. The average molecular weight is 427 g/mol. The fraction of sp³-hybridized carbons (Fsp3) is 0.520. The Morgan fingerprint density at radius 2 is 1.42 bits per heavy atom. The molecule has 2 aliphatic carbocycles. The van der Waals surface area contributed by atoms with Crippen LogP contribution in [-0.4, -0.2) is 30.9 Å². The van der Waals surface area contributed by atoms with Crippen molar-refractivity contribution in [2.24, 2.45) is 10.8 Å². The minimum atomic E-state index is -0.675. The highest BCUT2D eigenvalue weighted by Crippen LogP contribution is 2.54. The highest BCUT2D eigenvalue weighted by molar-refractivity contribution is 6.06. The molecule has 1 heterocycles. The van der Waals surface area contributed by atoms with Crippen molar-refractivity contribution in [2.75, 3.05) is 14.2 Å². The molecule has 166 valence electrons. The van der Waals surface area contributed by atoms with E-state index in [1.54, 1.807) is 19.2 Å². The number of hydrogen-bond acceptors (Lipinski definition) is 6. The molecule has 31 heavy (non-hydrogen) atoms. The molecule has 1 N–H and O–H groups in total. The van der Waals surface area contributed by atoms with Gasteiger partial charge in [-0.05, 0) is 16.9 Å². The zero-order valence-corrected chi connectivity index (χ0v) is 19.0. The second-order valence-electron chi connectivity index (χ2n) is 10.4. The van der Waals surface area contributed by atoms with Crippen molar-refractivity contribution in [3.63, 3.8) is 0 Å². The summed E-state index contributed by atoms with van der Waals surface area (Å²) in [6.45, 7) is 7.98. The number of ketones is 2. The maximum atomic E-state index is 13.3. The van der Waals surface area contributed by atoms with Crippen molar-refractivity contribution < 1.29 is 28.9 Å². The van der Waals surface area contributed by atoms with E-state index in [1.807, 2.05) is 27.7 Å². The monoisotopic (exact) mass is 426 g/mol. The summed E-state index contributed by atoms with van der Waals surface area (Å²) < 4.78 is 17.1. The molecule has 0 amide bonds. The van der Waals surface area contributed by atoms with E-state index >= 15 is 0 Å². The minimum Gasteiger partial charge on any atom is -0.512 e. The molecule has 1 aliphatic heterocycles. The smallest absolute Gasteiger partial charge is 0.164 e. The molecule has 1 atom stereocenters. The van der Waals surface area contributed by atoms with E-state index in [0.717, 1.165) is 0 Å². The quantitative estimate of drug-likeness (QED) is 0.730. The zero-order chi connectivity index (χ0) is 22.7. The Morgan fingerprint density at radius 3 is 2.00 bits per heavy atom. The van der Waals surface area contributed by atoms with Gasteiger partial charge in [0.25, 0.3) is 0 Å². The Morgan fingerprint density at radius 1 is 0.871 bits per heavy atom. The van der Waals surface area contributed by atoms with Crippen LogP contribution in [0.5, 0.6) is 17.2 Å². The number of carbonyl (C=O) groups is 2. The number of rotatable bonds is 3. The number of hydrogen-bond donors (Lipinski definition) is 1. The first-order valence-electron chi connectivity index (χ1n) is 10.6. The summed E-state index contributed by atoms with van der Waals surface area (Å²) in [5.41, 5.74) is 0.847. The first-order chi connectivity index (χ1) is 14.5. The number of carbonyl (C=O) groups excluding carboxylic acids is 2. The number of ether oxygens (including phenoxy) is 3. The minimum absolute atomic E-state index is 0.0466. The summed E-state index contributed by atoms with van der Waals surface area (Å²) in [5, 5.41) is 11.0. The van der Waals surface area contributed by atoms with E-state index in [-0.39, 0.29) is 28.2 Å². The van der Waals surface area contributed by atoms with Gasteiger partial charge in [0.1, 0.15) is 17.3 Å². The highest BCUT2D eigenvalue weighted by atomic mass is 16.5. The standard InChI is InChI=1S/C25H30O6/c1-24(2)9-14(26)22(15(27)10-24)21-13-7-18(29-5)19(30-6)8-17(13)31-20-12-25(3,4)11-16(28)23(20)21/h7-8,21,26H,9-12H2,1-6H3/t21-/m0/s1. The van der Waals surface area contributed by atoms with Gasteiger partial charge in [0, 0.05) is 48.5 Å².